The lowest BCUT2D eigenvalue weighted by Gasteiger charge is -2.31. The summed E-state index contributed by atoms with van der Waals surface area (Å²) >= 11 is 0. The number of aryl methyl sites for hydroxylation is 2. The van der Waals surface area contributed by atoms with E-state index in [-0.39, 0.29) is 23.8 Å². The van der Waals surface area contributed by atoms with E-state index in [9.17, 15) is 9.59 Å². The van der Waals surface area contributed by atoms with Gasteiger partial charge in [-0.1, -0.05) is 139 Å². The molecule has 2 heterocycles. The minimum absolute atomic E-state index is 0.0714. The van der Waals surface area contributed by atoms with E-state index in [0.29, 0.717) is 16.8 Å². The van der Waals surface area contributed by atoms with Crippen LogP contribution in [0.4, 0.5) is 17.1 Å². The predicted octanol–water partition coefficient (Wildman–Crippen LogP) is 10.7. The summed E-state index contributed by atoms with van der Waals surface area (Å²) in [7, 11) is 0. The minimum atomic E-state index is -0.312. The smallest absolute Gasteiger partial charge is 0.268 e. The number of amides is 2. The number of nitrogens with zero attached hydrogens (tertiary/aromatic N) is 2. The van der Waals surface area contributed by atoms with Gasteiger partial charge in [-0.15, -0.1) is 0 Å². The van der Waals surface area contributed by atoms with Crippen LogP contribution in [0, 0.1) is 13.8 Å². The predicted molar refractivity (Wildman–Crippen MR) is 203 cm³/mol. The standard InChI is InChI=1S/C46H34N2O2/c1-29-20-23-35(30(2)26-29)34-22-25-38-37-16-9-10-18-40(37)47(43(38)28-34)41-19-11-17-39-44(41)46(50)48(45(39)49)42-27-33(31-12-5-3-6-13-31)21-24-36(42)32-14-7-4-8-15-32/h3-28,38,43H,1-2H3. The highest BCUT2D eigenvalue weighted by Gasteiger charge is 2.45. The zero-order valence-corrected chi connectivity index (χ0v) is 27.9. The Hall–Kier alpha value is -6.26. The van der Waals surface area contributed by atoms with Crippen LogP contribution < -0.4 is 9.80 Å². The van der Waals surface area contributed by atoms with Crippen molar-refractivity contribution >= 4 is 34.4 Å². The molecular formula is C46H34N2O2. The lowest BCUT2D eigenvalue weighted by Crippen LogP contribution is -2.32. The van der Waals surface area contributed by atoms with Crippen molar-refractivity contribution in [3.05, 3.63) is 191 Å². The Balaban J connectivity index is 1.19. The molecule has 4 nitrogen and oxygen atoms in total. The monoisotopic (exact) mass is 646 g/mol. The van der Waals surface area contributed by atoms with Gasteiger partial charge >= 0.3 is 0 Å². The van der Waals surface area contributed by atoms with Gasteiger partial charge in [0, 0.05) is 17.2 Å². The summed E-state index contributed by atoms with van der Waals surface area (Å²) in [4.78, 5) is 33.1. The molecule has 0 saturated heterocycles. The third kappa shape index (κ3) is 4.67. The molecule has 0 fully saturated rings. The minimum Gasteiger partial charge on any atom is -0.333 e. The summed E-state index contributed by atoms with van der Waals surface area (Å²) in [6, 6.07) is 46.7. The Morgan fingerprint density at radius 3 is 2.02 bits per heavy atom. The Bertz CT molecular complexity index is 2410. The summed E-state index contributed by atoms with van der Waals surface area (Å²) in [6.07, 6.45) is 6.86. The molecule has 0 N–H and O–H groups in total. The van der Waals surface area contributed by atoms with Gasteiger partial charge in [0.2, 0.25) is 0 Å². The van der Waals surface area contributed by atoms with Crippen LogP contribution in [0.2, 0.25) is 0 Å². The van der Waals surface area contributed by atoms with E-state index in [4.69, 9.17) is 0 Å². The zero-order valence-electron chi connectivity index (χ0n) is 27.9. The largest absolute Gasteiger partial charge is 0.333 e. The van der Waals surface area contributed by atoms with Crippen molar-refractivity contribution in [2.24, 2.45) is 0 Å². The molecule has 0 spiro atoms. The quantitative estimate of drug-likeness (QED) is 0.175. The summed E-state index contributed by atoms with van der Waals surface area (Å²) in [5.41, 5.74) is 13.0. The van der Waals surface area contributed by atoms with Gasteiger partial charge in [0.25, 0.3) is 11.8 Å². The first-order valence-corrected chi connectivity index (χ1v) is 17.1. The zero-order chi connectivity index (χ0) is 33.9. The molecule has 0 saturated carbocycles. The number of fused-ring (bicyclic) bond motifs is 4. The number of allylic oxidation sites excluding steroid dienone is 2. The second-order valence-corrected chi connectivity index (χ2v) is 13.4. The van der Waals surface area contributed by atoms with Crippen LogP contribution in [0.15, 0.2) is 158 Å². The van der Waals surface area contributed by atoms with Crippen molar-refractivity contribution in [1.82, 2.24) is 0 Å². The number of para-hydroxylation sites is 1. The molecule has 50 heavy (non-hydrogen) atoms. The van der Waals surface area contributed by atoms with Crippen LogP contribution in [-0.4, -0.2) is 17.9 Å². The Kier molecular flexibility index (Phi) is 6.99. The fourth-order valence-corrected chi connectivity index (χ4v) is 8.02. The Labute approximate surface area is 292 Å². The average Bonchev–Trinajstić information content (AvgIpc) is 3.62. The molecule has 6 aromatic carbocycles. The highest BCUT2D eigenvalue weighted by molar-refractivity contribution is 6.37. The fraction of sp³-hybridized carbons (Fsp3) is 0.0870. The van der Waals surface area contributed by atoms with E-state index < -0.39 is 0 Å². The average molecular weight is 647 g/mol. The summed E-state index contributed by atoms with van der Waals surface area (Å²) in [5, 5.41) is 0. The lowest BCUT2D eigenvalue weighted by molar-refractivity contribution is 0.0926. The Morgan fingerprint density at radius 2 is 1.24 bits per heavy atom. The number of imide groups is 1. The molecule has 9 rings (SSSR count). The van der Waals surface area contributed by atoms with E-state index in [2.05, 4.69) is 79.4 Å². The number of carbonyl (C=O) groups is 2. The van der Waals surface area contributed by atoms with Crippen LogP contribution >= 0.6 is 0 Å². The molecular weight excluding hydrogens is 613 g/mol. The molecule has 0 radical (unpaired) electrons. The molecule has 2 atom stereocenters. The maximum absolute atomic E-state index is 14.9. The highest BCUT2D eigenvalue weighted by Crippen LogP contribution is 2.51. The SMILES string of the molecule is Cc1ccc(C2=CC3C(C=C2)c2ccccc2N3c2cccc3c2C(=O)N(c2cc(-c4ccccc4)ccc2-c2ccccc2)C3=O)c(C)c1. The second-order valence-electron chi connectivity index (χ2n) is 13.4. The van der Waals surface area contributed by atoms with Crippen molar-refractivity contribution in [1.29, 1.82) is 0 Å². The van der Waals surface area contributed by atoms with E-state index in [0.717, 1.165) is 39.2 Å². The van der Waals surface area contributed by atoms with E-state index in [1.54, 1.807) is 6.07 Å². The van der Waals surface area contributed by atoms with Crippen molar-refractivity contribution in [2.45, 2.75) is 25.8 Å². The number of hydrogen-bond donors (Lipinski definition) is 0. The molecule has 6 aromatic rings. The molecule has 3 aliphatic rings. The number of hydrogen-bond acceptors (Lipinski definition) is 3. The van der Waals surface area contributed by atoms with Gasteiger partial charge in [-0.2, -0.15) is 0 Å². The fourth-order valence-electron chi connectivity index (χ4n) is 8.02. The number of carbonyl (C=O) groups excluding carboxylic acids is 2. The van der Waals surface area contributed by atoms with Crippen LogP contribution in [0.1, 0.15) is 48.9 Å². The number of rotatable bonds is 5. The van der Waals surface area contributed by atoms with Crippen molar-refractivity contribution in [3.8, 4) is 22.3 Å². The highest BCUT2D eigenvalue weighted by atomic mass is 16.2. The summed E-state index contributed by atoms with van der Waals surface area (Å²) in [6.45, 7) is 4.27. The van der Waals surface area contributed by atoms with Crippen molar-refractivity contribution in [3.63, 3.8) is 0 Å². The summed E-state index contributed by atoms with van der Waals surface area (Å²) < 4.78 is 0. The van der Waals surface area contributed by atoms with Gasteiger partial charge in [0.05, 0.1) is 28.5 Å². The molecule has 1 aliphatic carbocycles. The lowest BCUT2D eigenvalue weighted by atomic mass is 9.85. The van der Waals surface area contributed by atoms with Crippen LogP contribution in [-0.2, 0) is 0 Å². The van der Waals surface area contributed by atoms with Gasteiger partial charge in [-0.05, 0) is 77.1 Å². The third-order valence-corrected chi connectivity index (χ3v) is 10.3. The van der Waals surface area contributed by atoms with Crippen LogP contribution in [0.3, 0.4) is 0 Å². The third-order valence-electron chi connectivity index (χ3n) is 10.3. The van der Waals surface area contributed by atoms with Crippen molar-refractivity contribution < 1.29 is 9.59 Å². The maximum atomic E-state index is 14.9. The first-order chi connectivity index (χ1) is 24.5. The van der Waals surface area contributed by atoms with Gasteiger partial charge in [-0.25, -0.2) is 4.90 Å². The molecule has 240 valence electrons. The molecule has 0 aromatic heterocycles. The van der Waals surface area contributed by atoms with Gasteiger partial charge in [0.1, 0.15) is 0 Å². The molecule has 4 heteroatoms. The Morgan fingerprint density at radius 1 is 0.540 bits per heavy atom. The first kappa shape index (κ1) is 29.8. The van der Waals surface area contributed by atoms with Crippen LogP contribution in [0.5, 0.6) is 0 Å². The first-order valence-electron chi connectivity index (χ1n) is 17.1. The second kappa shape index (κ2) is 11.7. The number of benzene rings is 6. The van der Waals surface area contributed by atoms with E-state index in [1.807, 2.05) is 91.0 Å². The topological polar surface area (TPSA) is 40.6 Å². The van der Waals surface area contributed by atoms with E-state index >= 15 is 0 Å². The normalized spacial score (nSPS) is 17.4. The molecule has 2 amide bonds. The van der Waals surface area contributed by atoms with E-state index in [1.165, 1.54) is 27.2 Å². The van der Waals surface area contributed by atoms with Crippen molar-refractivity contribution in [2.75, 3.05) is 9.80 Å². The molecule has 2 unspecified atom stereocenters. The summed E-state index contributed by atoms with van der Waals surface area (Å²) in [5.74, 6) is -0.519. The molecule has 0 bridgehead atoms. The van der Waals surface area contributed by atoms with Gasteiger partial charge in [-0.3, -0.25) is 9.59 Å². The van der Waals surface area contributed by atoms with Crippen LogP contribution in [0.25, 0.3) is 27.8 Å². The van der Waals surface area contributed by atoms with Gasteiger partial charge < -0.3 is 4.90 Å². The molecule has 2 aliphatic heterocycles. The number of anilines is 3. The van der Waals surface area contributed by atoms with Gasteiger partial charge in [0.15, 0.2) is 0 Å². The maximum Gasteiger partial charge on any atom is 0.268 e.